The fourth-order valence-corrected chi connectivity index (χ4v) is 1.90. The minimum absolute atomic E-state index is 0.162. The SMILES string of the molecule is CC(=O)SCCC=Cc1ccc(/C=C/C=O)cc1. The van der Waals surface area contributed by atoms with E-state index < -0.39 is 0 Å². The number of hydrogen-bond acceptors (Lipinski definition) is 3. The van der Waals surface area contributed by atoms with Crippen molar-refractivity contribution >= 4 is 35.3 Å². The molecule has 0 unspecified atom stereocenters. The van der Waals surface area contributed by atoms with Crippen molar-refractivity contribution in [1.29, 1.82) is 0 Å². The predicted molar refractivity (Wildman–Crippen MR) is 78.3 cm³/mol. The number of aldehydes is 1. The Morgan fingerprint density at radius 3 is 2.33 bits per heavy atom. The molecule has 0 aliphatic rings. The van der Waals surface area contributed by atoms with Gasteiger partial charge in [-0.1, -0.05) is 54.3 Å². The third-order valence-corrected chi connectivity index (χ3v) is 3.05. The van der Waals surface area contributed by atoms with Crippen LogP contribution in [0.3, 0.4) is 0 Å². The Balaban J connectivity index is 2.43. The number of carbonyl (C=O) groups excluding carboxylic acids is 2. The molecule has 0 aromatic heterocycles. The van der Waals surface area contributed by atoms with Gasteiger partial charge in [-0.2, -0.15) is 0 Å². The van der Waals surface area contributed by atoms with Crippen LogP contribution in [0.2, 0.25) is 0 Å². The van der Waals surface area contributed by atoms with Gasteiger partial charge in [0.2, 0.25) is 0 Å². The molecule has 1 rings (SSSR count). The van der Waals surface area contributed by atoms with Gasteiger partial charge in [-0.25, -0.2) is 0 Å². The summed E-state index contributed by atoms with van der Waals surface area (Å²) in [6.45, 7) is 1.58. The normalized spacial score (nSPS) is 11.2. The Kier molecular flexibility index (Phi) is 6.81. The van der Waals surface area contributed by atoms with Crippen LogP contribution in [-0.2, 0) is 9.59 Å². The molecule has 0 radical (unpaired) electrons. The van der Waals surface area contributed by atoms with Crippen molar-refractivity contribution in [1.82, 2.24) is 0 Å². The van der Waals surface area contributed by atoms with Gasteiger partial charge in [0.15, 0.2) is 5.12 Å². The fourth-order valence-electron chi connectivity index (χ4n) is 1.36. The van der Waals surface area contributed by atoms with Gasteiger partial charge in [0.25, 0.3) is 0 Å². The van der Waals surface area contributed by atoms with E-state index in [-0.39, 0.29) is 5.12 Å². The summed E-state index contributed by atoms with van der Waals surface area (Å²) < 4.78 is 0. The van der Waals surface area contributed by atoms with Crippen molar-refractivity contribution in [2.75, 3.05) is 5.75 Å². The quantitative estimate of drug-likeness (QED) is 0.445. The van der Waals surface area contributed by atoms with Crippen molar-refractivity contribution in [3.05, 3.63) is 47.5 Å². The highest BCUT2D eigenvalue weighted by Gasteiger charge is 1.91. The first-order valence-electron chi connectivity index (χ1n) is 5.74. The molecule has 0 atom stereocenters. The summed E-state index contributed by atoms with van der Waals surface area (Å²) in [5.74, 6) is 0.825. The van der Waals surface area contributed by atoms with Crippen LogP contribution in [0.1, 0.15) is 24.5 Å². The first-order valence-corrected chi connectivity index (χ1v) is 6.73. The molecule has 94 valence electrons. The Hall–Kier alpha value is -1.61. The van der Waals surface area contributed by atoms with Crippen LogP contribution in [0.5, 0.6) is 0 Å². The van der Waals surface area contributed by atoms with Gasteiger partial charge in [0.05, 0.1) is 0 Å². The number of thioether (sulfide) groups is 1. The molecule has 18 heavy (non-hydrogen) atoms. The molecule has 1 aromatic carbocycles. The first kappa shape index (κ1) is 14.5. The van der Waals surface area contributed by atoms with E-state index in [1.807, 2.05) is 30.3 Å². The molecule has 1 aromatic rings. The van der Waals surface area contributed by atoms with Gasteiger partial charge >= 0.3 is 0 Å². The summed E-state index contributed by atoms with van der Waals surface area (Å²) in [4.78, 5) is 20.9. The van der Waals surface area contributed by atoms with E-state index in [1.54, 1.807) is 13.0 Å². The second kappa shape index (κ2) is 8.48. The number of benzene rings is 1. The lowest BCUT2D eigenvalue weighted by atomic mass is 10.1. The van der Waals surface area contributed by atoms with Gasteiger partial charge in [0, 0.05) is 12.7 Å². The van der Waals surface area contributed by atoms with E-state index in [0.29, 0.717) is 0 Å². The van der Waals surface area contributed by atoms with E-state index in [0.717, 1.165) is 29.6 Å². The Morgan fingerprint density at radius 2 is 1.78 bits per heavy atom. The van der Waals surface area contributed by atoms with Crippen molar-refractivity contribution in [2.24, 2.45) is 0 Å². The maximum atomic E-state index is 10.7. The third-order valence-electron chi connectivity index (χ3n) is 2.20. The van der Waals surface area contributed by atoms with Crippen LogP contribution >= 0.6 is 11.8 Å². The largest absolute Gasteiger partial charge is 0.299 e. The van der Waals surface area contributed by atoms with Gasteiger partial charge in [-0.05, 0) is 23.6 Å². The molecule has 0 N–H and O–H groups in total. The molecule has 0 saturated carbocycles. The highest BCUT2D eigenvalue weighted by molar-refractivity contribution is 8.13. The van der Waals surface area contributed by atoms with Crippen molar-refractivity contribution < 1.29 is 9.59 Å². The average molecular weight is 260 g/mol. The van der Waals surface area contributed by atoms with Crippen LogP contribution in [0.15, 0.2) is 36.4 Å². The standard InChI is InChI=1S/C15H16O2S/c1-13(17)18-12-3-2-5-14-7-9-15(10-8-14)6-4-11-16/h2,4-11H,3,12H2,1H3/b5-2?,6-4+. The molecule has 0 bridgehead atoms. The van der Waals surface area contributed by atoms with Gasteiger partial charge in [-0.3, -0.25) is 9.59 Å². The summed E-state index contributed by atoms with van der Waals surface area (Å²) in [6, 6.07) is 7.92. The molecule has 0 amide bonds. The first-order chi connectivity index (χ1) is 8.72. The van der Waals surface area contributed by atoms with Crippen LogP contribution < -0.4 is 0 Å². The van der Waals surface area contributed by atoms with Crippen LogP contribution in [0.25, 0.3) is 12.2 Å². The molecular weight excluding hydrogens is 244 g/mol. The summed E-state index contributed by atoms with van der Waals surface area (Å²) >= 11 is 1.35. The van der Waals surface area contributed by atoms with Crippen molar-refractivity contribution in [3.63, 3.8) is 0 Å². The number of allylic oxidation sites excluding steroid dienone is 2. The Labute approximate surface area is 112 Å². The minimum Gasteiger partial charge on any atom is -0.299 e. The van der Waals surface area contributed by atoms with E-state index in [2.05, 4.69) is 6.08 Å². The minimum atomic E-state index is 0.162. The van der Waals surface area contributed by atoms with E-state index >= 15 is 0 Å². The molecule has 0 heterocycles. The second-order valence-electron chi connectivity index (χ2n) is 3.69. The molecule has 0 aliphatic heterocycles. The molecule has 3 heteroatoms. The summed E-state index contributed by atoms with van der Waals surface area (Å²) in [7, 11) is 0. The second-order valence-corrected chi connectivity index (χ2v) is 4.96. The topological polar surface area (TPSA) is 34.1 Å². The highest BCUT2D eigenvalue weighted by Crippen LogP contribution is 2.09. The summed E-state index contributed by atoms with van der Waals surface area (Å²) in [6.07, 6.45) is 8.99. The smallest absolute Gasteiger partial charge is 0.185 e. The van der Waals surface area contributed by atoms with Crippen LogP contribution in [0, 0.1) is 0 Å². The molecular formula is C15H16O2S. The molecule has 0 spiro atoms. The van der Waals surface area contributed by atoms with E-state index in [4.69, 9.17) is 0 Å². The Morgan fingerprint density at radius 1 is 1.17 bits per heavy atom. The lowest BCUT2D eigenvalue weighted by molar-refractivity contribution is -0.109. The van der Waals surface area contributed by atoms with E-state index in [9.17, 15) is 9.59 Å². The Bertz CT molecular complexity index is 444. The predicted octanol–water partition coefficient (Wildman–Crippen LogP) is 3.58. The summed E-state index contributed by atoms with van der Waals surface area (Å²) in [5.41, 5.74) is 2.12. The summed E-state index contributed by atoms with van der Waals surface area (Å²) in [5, 5.41) is 0.162. The van der Waals surface area contributed by atoms with Crippen molar-refractivity contribution in [2.45, 2.75) is 13.3 Å². The highest BCUT2D eigenvalue weighted by atomic mass is 32.2. The van der Waals surface area contributed by atoms with Crippen LogP contribution in [0.4, 0.5) is 0 Å². The molecule has 0 aliphatic carbocycles. The molecule has 0 fully saturated rings. The zero-order valence-corrected chi connectivity index (χ0v) is 11.2. The zero-order valence-electron chi connectivity index (χ0n) is 10.3. The van der Waals surface area contributed by atoms with E-state index in [1.165, 1.54) is 17.8 Å². The van der Waals surface area contributed by atoms with Crippen molar-refractivity contribution in [3.8, 4) is 0 Å². The lowest BCUT2D eigenvalue weighted by Gasteiger charge is -1.96. The number of rotatable bonds is 6. The molecule has 2 nitrogen and oxygen atoms in total. The molecule has 0 saturated heterocycles. The van der Waals surface area contributed by atoms with Crippen LogP contribution in [-0.4, -0.2) is 17.2 Å². The fraction of sp³-hybridized carbons (Fsp3) is 0.200. The number of carbonyl (C=O) groups is 2. The maximum Gasteiger partial charge on any atom is 0.185 e. The lowest BCUT2D eigenvalue weighted by Crippen LogP contribution is -1.83. The zero-order chi connectivity index (χ0) is 13.2. The monoisotopic (exact) mass is 260 g/mol. The van der Waals surface area contributed by atoms with Gasteiger partial charge < -0.3 is 0 Å². The third kappa shape index (κ3) is 6.21. The number of hydrogen-bond donors (Lipinski definition) is 0. The maximum absolute atomic E-state index is 10.7. The van der Waals surface area contributed by atoms with Gasteiger partial charge in [0.1, 0.15) is 6.29 Å². The van der Waals surface area contributed by atoms with Gasteiger partial charge in [-0.15, -0.1) is 0 Å². The average Bonchev–Trinajstić information content (AvgIpc) is 2.37.